The third-order valence-electron chi connectivity index (χ3n) is 3.59. The van der Waals surface area contributed by atoms with E-state index in [1.165, 1.54) is 16.9 Å². The van der Waals surface area contributed by atoms with E-state index in [4.69, 9.17) is 0 Å². The number of aryl methyl sites for hydroxylation is 2. The predicted octanol–water partition coefficient (Wildman–Crippen LogP) is 3.21. The molecule has 0 aliphatic rings. The lowest BCUT2D eigenvalue weighted by Gasteiger charge is -2.12. The van der Waals surface area contributed by atoms with Crippen LogP contribution in [0.4, 0.5) is 0 Å². The second-order valence-corrected chi connectivity index (χ2v) is 8.09. The fourth-order valence-corrected chi connectivity index (χ4v) is 4.23. The molecular weight excluding hydrogens is 315 g/mol. The Morgan fingerprint density at radius 2 is 1.82 bits per heavy atom. The van der Waals surface area contributed by atoms with Gasteiger partial charge in [-0.05, 0) is 53.6 Å². The molecule has 3 nitrogen and oxygen atoms in total. The minimum atomic E-state index is -4.15. The van der Waals surface area contributed by atoms with E-state index in [9.17, 15) is 13.0 Å². The molecule has 0 radical (unpaired) electrons. The van der Waals surface area contributed by atoms with Crippen LogP contribution in [0.2, 0.25) is 0 Å². The third kappa shape index (κ3) is 4.39. The van der Waals surface area contributed by atoms with E-state index in [1.807, 2.05) is 19.1 Å². The quantitative estimate of drug-likeness (QED) is 0.651. The van der Waals surface area contributed by atoms with Gasteiger partial charge in [0.1, 0.15) is 0 Å². The van der Waals surface area contributed by atoms with Gasteiger partial charge in [-0.3, -0.25) is 4.55 Å². The summed E-state index contributed by atoms with van der Waals surface area (Å²) in [7, 11) is -3.77. The molecule has 2 aromatic rings. The van der Waals surface area contributed by atoms with Gasteiger partial charge >= 0.3 is 0 Å². The Morgan fingerprint density at radius 3 is 2.50 bits per heavy atom. The van der Waals surface area contributed by atoms with Crippen LogP contribution >= 0.6 is 8.58 Å². The molecule has 2 aromatic carbocycles. The summed E-state index contributed by atoms with van der Waals surface area (Å²) in [6.45, 7) is 4.13. The molecule has 0 amide bonds. The SMILES string of the molecule is CCCCc1ccccc1Pc1cc(S(=O)(=O)O)ccc1C. The van der Waals surface area contributed by atoms with Gasteiger partial charge in [0.2, 0.25) is 0 Å². The second kappa shape index (κ2) is 7.36. The molecule has 0 fully saturated rings. The van der Waals surface area contributed by atoms with Crippen LogP contribution in [0.15, 0.2) is 47.4 Å². The van der Waals surface area contributed by atoms with E-state index in [0.717, 1.165) is 30.1 Å². The predicted molar refractivity (Wildman–Crippen MR) is 93.6 cm³/mol. The number of unbranched alkanes of at least 4 members (excludes halogenated alkanes) is 1. The Kier molecular flexibility index (Phi) is 5.74. The van der Waals surface area contributed by atoms with E-state index in [0.29, 0.717) is 8.58 Å². The highest BCUT2D eigenvalue weighted by molar-refractivity contribution is 7.85. The molecule has 0 spiro atoms. The minimum absolute atomic E-state index is 0.0355. The van der Waals surface area contributed by atoms with E-state index in [1.54, 1.807) is 12.1 Å². The monoisotopic (exact) mass is 336 g/mol. The molecular formula is C17H21O3PS. The number of rotatable bonds is 6. The van der Waals surface area contributed by atoms with Gasteiger partial charge in [-0.2, -0.15) is 8.42 Å². The Bertz CT molecular complexity index is 754. The molecule has 118 valence electrons. The smallest absolute Gasteiger partial charge is 0.282 e. The first-order chi connectivity index (χ1) is 10.4. The molecule has 0 aliphatic carbocycles. The van der Waals surface area contributed by atoms with Crippen molar-refractivity contribution in [3.8, 4) is 0 Å². The second-order valence-electron chi connectivity index (χ2n) is 5.34. The molecule has 5 heteroatoms. The number of hydrogen-bond acceptors (Lipinski definition) is 2. The molecule has 0 saturated carbocycles. The Morgan fingerprint density at radius 1 is 1.09 bits per heavy atom. The molecule has 1 atom stereocenters. The van der Waals surface area contributed by atoms with Crippen LogP contribution < -0.4 is 10.6 Å². The molecule has 0 aliphatic heterocycles. The van der Waals surface area contributed by atoms with E-state index in [2.05, 4.69) is 19.1 Å². The van der Waals surface area contributed by atoms with Crippen molar-refractivity contribution >= 4 is 29.3 Å². The first kappa shape index (κ1) is 17.1. The van der Waals surface area contributed by atoms with E-state index >= 15 is 0 Å². The van der Waals surface area contributed by atoms with E-state index < -0.39 is 10.1 Å². The summed E-state index contributed by atoms with van der Waals surface area (Å²) in [6, 6.07) is 13.1. The fourth-order valence-electron chi connectivity index (χ4n) is 2.27. The van der Waals surface area contributed by atoms with Crippen LogP contribution in [0.5, 0.6) is 0 Å². The average molecular weight is 336 g/mol. The van der Waals surface area contributed by atoms with Crippen molar-refractivity contribution in [2.45, 2.75) is 38.0 Å². The summed E-state index contributed by atoms with van der Waals surface area (Å²) in [4.78, 5) is -0.0355. The summed E-state index contributed by atoms with van der Waals surface area (Å²) in [5, 5.41) is 2.20. The highest BCUT2D eigenvalue weighted by Crippen LogP contribution is 2.20. The van der Waals surface area contributed by atoms with Gasteiger partial charge in [-0.25, -0.2) is 0 Å². The van der Waals surface area contributed by atoms with Crippen LogP contribution in [0, 0.1) is 6.92 Å². The van der Waals surface area contributed by atoms with Gasteiger partial charge in [-0.15, -0.1) is 0 Å². The van der Waals surface area contributed by atoms with Gasteiger partial charge in [-0.1, -0.05) is 52.3 Å². The molecule has 0 aromatic heterocycles. The zero-order valence-corrected chi connectivity index (χ0v) is 14.7. The fraction of sp³-hybridized carbons (Fsp3) is 0.294. The molecule has 1 N–H and O–H groups in total. The van der Waals surface area contributed by atoms with Crippen molar-refractivity contribution in [2.75, 3.05) is 0 Å². The lowest BCUT2D eigenvalue weighted by Crippen LogP contribution is -2.13. The van der Waals surface area contributed by atoms with Crippen LogP contribution in [0.3, 0.4) is 0 Å². The maximum absolute atomic E-state index is 11.3. The van der Waals surface area contributed by atoms with Crippen molar-refractivity contribution in [2.24, 2.45) is 0 Å². The van der Waals surface area contributed by atoms with Crippen LogP contribution in [0.25, 0.3) is 0 Å². The first-order valence-electron chi connectivity index (χ1n) is 7.35. The largest absolute Gasteiger partial charge is 0.294 e. The zero-order chi connectivity index (χ0) is 16.2. The Labute approximate surface area is 134 Å². The molecule has 0 heterocycles. The maximum Gasteiger partial charge on any atom is 0.294 e. The molecule has 1 unspecified atom stereocenters. The van der Waals surface area contributed by atoms with Gasteiger partial charge in [0.25, 0.3) is 10.1 Å². The van der Waals surface area contributed by atoms with Gasteiger partial charge < -0.3 is 0 Å². The molecule has 0 bridgehead atoms. The van der Waals surface area contributed by atoms with Gasteiger partial charge in [0.15, 0.2) is 0 Å². The summed E-state index contributed by atoms with van der Waals surface area (Å²) in [5.41, 5.74) is 2.36. The van der Waals surface area contributed by atoms with Crippen LogP contribution in [-0.2, 0) is 16.5 Å². The van der Waals surface area contributed by atoms with Crippen molar-refractivity contribution < 1.29 is 13.0 Å². The van der Waals surface area contributed by atoms with Crippen molar-refractivity contribution in [1.82, 2.24) is 0 Å². The van der Waals surface area contributed by atoms with Crippen molar-refractivity contribution in [1.29, 1.82) is 0 Å². The zero-order valence-electron chi connectivity index (χ0n) is 12.8. The summed E-state index contributed by atoms with van der Waals surface area (Å²) in [6.07, 6.45) is 3.33. The average Bonchev–Trinajstić information content (AvgIpc) is 2.47. The summed E-state index contributed by atoms with van der Waals surface area (Å²) < 4.78 is 31.8. The van der Waals surface area contributed by atoms with Gasteiger partial charge in [0, 0.05) is 0 Å². The Hall–Kier alpha value is -1.22. The van der Waals surface area contributed by atoms with Crippen molar-refractivity contribution in [3.63, 3.8) is 0 Å². The lowest BCUT2D eigenvalue weighted by molar-refractivity contribution is 0.483. The standard InChI is InChI=1S/C17H21O3PS/c1-3-4-7-14-8-5-6-9-16(14)21-17-12-15(22(18,19)20)11-10-13(17)2/h5-6,8-12,21H,3-4,7H2,1-2H3,(H,18,19,20). The lowest BCUT2D eigenvalue weighted by atomic mass is 10.1. The topological polar surface area (TPSA) is 54.4 Å². The number of benzene rings is 2. The maximum atomic E-state index is 11.3. The van der Waals surface area contributed by atoms with Gasteiger partial charge in [0.05, 0.1) is 4.90 Å². The first-order valence-corrected chi connectivity index (χ1v) is 9.79. The summed E-state index contributed by atoms with van der Waals surface area (Å²) in [5.74, 6) is 0. The molecule has 22 heavy (non-hydrogen) atoms. The highest BCUT2D eigenvalue weighted by atomic mass is 32.2. The number of hydrogen-bond donors (Lipinski definition) is 1. The normalized spacial score (nSPS) is 12.1. The van der Waals surface area contributed by atoms with E-state index in [-0.39, 0.29) is 4.90 Å². The van der Waals surface area contributed by atoms with Crippen LogP contribution in [0.1, 0.15) is 30.9 Å². The minimum Gasteiger partial charge on any atom is -0.282 e. The summed E-state index contributed by atoms with van der Waals surface area (Å²) >= 11 is 0. The molecule has 2 rings (SSSR count). The highest BCUT2D eigenvalue weighted by Gasteiger charge is 2.12. The molecule has 0 saturated heterocycles. The van der Waals surface area contributed by atoms with Crippen molar-refractivity contribution in [3.05, 3.63) is 53.6 Å². The third-order valence-corrected chi connectivity index (χ3v) is 6.01. The van der Waals surface area contributed by atoms with Crippen LogP contribution in [-0.4, -0.2) is 13.0 Å². The Balaban J connectivity index is 2.35.